The molecular weight excluding hydrogens is 778 g/mol. The first-order chi connectivity index (χ1) is 29.2. The van der Waals surface area contributed by atoms with Gasteiger partial charge in [-0.1, -0.05) is 197 Å². The maximum absolute atomic E-state index is 12.7. The van der Waals surface area contributed by atoms with E-state index in [0.29, 0.717) is 13.0 Å². The van der Waals surface area contributed by atoms with Crippen LogP contribution in [0.2, 0.25) is 0 Å². The number of ether oxygens (including phenoxy) is 2. The fraction of sp³-hybridized carbons (Fsp3) is 0.755. The van der Waals surface area contributed by atoms with Crippen LogP contribution in [0.4, 0.5) is 0 Å². The zero-order valence-corrected chi connectivity index (χ0v) is 38.9. The van der Waals surface area contributed by atoms with Crippen LogP contribution in [0.25, 0.3) is 0 Å². The maximum atomic E-state index is 12.7. The number of rotatable bonds is 45. The number of hydrogen-bond acceptors (Lipinski definition) is 8. The molecule has 4 N–H and O–H groups in total. The first-order valence-electron chi connectivity index (χ1n) is 23.8. The highest BCUT2D eigenvalue weighted by Crippen LogP contribution is 2.43. The molecule has 0 spiro atoms. The molecule has 0 fully saturated rings. The third-order valence-corrected chi connectivity index (χ3v) is 11.0. The standard InChI is InChI=1S/C49H88NO9P/c1-3-5-7-9-11-13-15-17-19-21-22-23-24-25-27-29-31-33-35-37-39-41-48(51)59-46(44-57-60(54,55)58-45-47(50)49(52)53)43-56-42-40-38-36-34-32-30-28-26-20-18-16-14-12-10-8-6-4-2/h5,7,11,13,17,19,22-23,25,27,46-47H,3-4,6,8-10,12,14-16,18,20-21,24,26,28-45,50H2,1-2H3,(H,52,53)(H,54,55)/b7-5-,13-11-,19-17-,23-22-,27-25-. The van der Waals surface area contributed by atoms with Crippen molar-refractivity contribution in [3.8, 4) is 0 Å². The van der Waals surface area contributed by atoms with Crippen molar-refractivity contribution in [3.63, 3.8) is 0 Å². The molecule has 3 unspecified atom stereocenters. The molecule has 0 aliphatic carbocycles. The van der Waals surface area contributed by atoms with Crippen molar-refractivity contribution in [2.45, 2.75) is 212 Å². The molecule has 3 atom stereocenters. The quantitative estimate of drug-likeness (QED) is 0.0233. The van der Waals surface area contributed by atoms with Crippen molar-refractivity contribution in [1.82, 2.24) is 0 Å². The van der Waals surface area contributed by atoms with Crippen LogP contribution >= 0.6 is 7.82 Å². The number of hydrogen-bond donors (Lipinski definition) is 3. The number of carboxylic acid groups (broad SMARTS) is 1. The monoisotopic (exact) mass is 866 g/mol. The number of unbranched alkanes of at least 4 members (excludes halogenated alkanes) is 21. The van der Waals surface area contributed by atoms with Crippen molar-refractivity contribution in [3.05, 3.63) is 60.8 Å². The van der Waals surface area contributed by atoms with Gasteiger partial charge < -0.3 is 25.2 Å². The van der Waals surface area contributed by atoms with Gasteiger partial charge in [0, 0.05) is 13.0 Å². The van der Waals surface area contributed by atoms with E-state index < -0.39 is 45.1 Å². The molecule has 348 valence electrons. The second kappa shape index (κ2) is 44.7. The fourth-order valence-corrected chi connectivity index (χ4v) is 7.17. The highest BCUT2D eigenvalue weighted by atomic mass is 31.2. The van der Waals surface area contributed by atoms with Gasteiger partial charge in [0.1, 0.15) is 12.1 Å². The minimum Gasteiger partial charge on any atom is -0.480 e. The number of carbonyl (C=O) groups excluding carboxylic acids is 1. The molecule has 60 heavy (non-hydrogen) atoms. The topological polar surface area (TPSA) is 155 Å². The first-order valence-corrected chi connectivity index (χ1v) is 25.3. The Bertz CT molecular complexity index is 1190. The van der Waals surface area contributed by atoms with Crippen LogP contribution in [-0.2, 0) is 32.7 Å². The number of phosphoric ester groups is 1. The second-order valence-corrected chi connectivity index (χ2v) is 17.3. The summed E-state index contributed by atoms with van der Waals surface area (Å²) >= 11 is 0. The average Bonchev–Trinajstić information content (AvgIpc) is 3.23. The van der Waals surface area contributed by atoms with Crippen LogP contribution in [0.3, 0.4) is 0 Å². The summed E-state index contributed by atoms with van der Waals surface area (Å²) in [5, 5.41) is 8.91. The number of aliphatic carboxylic acids is 1. The lowest BCUT2D eigenvalue weighted by Gasteiger charge is -2.20. The molecule has 10 nitrogen and oxygen atoms in total. The normalized spacial score (nSPS) is 14.3. The van der Waals surface area contributed by atoms with Crippen LogP contribution in [0.1, 0.15) is 200 Å². The van der Waals surface area contributed by atoms with E-state index in [9.17, 15) is 19.0 Å². The molecule has 0 aliphatic heterocycles. The lowest BCUT2D eigenvalue weighted by molar-refractivity contribution is -0.154. The Hall–Kier alpha value is -2.33. The van der Waals surface area contributed by atoms with E-state index in [4.69, 9.17) is 29.4 Å². The minimum absolute atomic E-state index is 0.00897. The number of carboxylic acids is 1. The smallest absolute Gasteiger partial charge is 0.472 e. The molecule has 0 bridgehead atoms. The van der Waals surface area contributed by atoms with Gasteiger partial charge in [0.05, 0.1) is 19.8 Å². The van der Waals surface area contributed by atoms with Gasteiger partial charge in [-0.2, -0.15) is 0 Å². The van der Waals surface area contributed by atoms with Crippen LogP contribution in [-0.4, -0.2) is 60.5 Å². The van der Waals surface area contributed by atoms with Gasteiger partial charge in [-0.3, -0.25) is 18.6 Å². The second-order valence-electron chi connectivity index (χ2n) is 15.9. The number of phosphoric acid groups is 1. The third kappa shape index (κ3) is 43.7. The van der Waals surface area contributed by atoms with Crippen LogP contribution in [0, 0.1) is 0 Å². The molecule has 0 heterocycles. The molecule has 0 aromatic heterocycles. The summed E-state index contributed by atoms with van der Waals surface area (Å²) in [4.78, 5) is 33.6. The Balaban J connectivity index is 4.23. The number of esters is 1. The van der Waals surface area contributed by atoms with Gasteiger partial charge in [0.15, 0.2) is 0 Å². The molecule has 0 amide bonds. The molecule has 0 saturated heterocycles. The molecule has 0 aliphatic rings. The van der Waals surface area contributed by atoms with Crippen LogP contribution in [0.5, 0.6) is 0 Å². The summed E-state index contributed by atoms with van der Waals surface area (Å²) in [6.07, 6.45) is 54.1. The molecule has 0 aromatic carbocycles. The molecule has 0 rings (SSSR count). The van der Waals surface area contributed by atoms with Gasteiger partial charge >= 0.3 is 19.8 Å². The number of nitrogens with two attached hydrogens (primary N) is 1. The highest BCUT2D eigenvalue weighted by molar-refractivity contribution is 7.47. The summed E-state index contributed by atoms with van der Waals surface area (Å²) in [6.45, 7) is 3.76. The van der Waals surface area contributed by atoms with E-state index in [2.05, 4.69) is 74.6 Å². The van der Waals surface area contributed by atoms with Gasteiger partial charge in [-0.05, 0) is 57.8 Å². The number of allylic oxidation sites excluding steroid dienone is 10. The SMILES string of the molecule is CC/C=C\C/C=C\C/C=C\C/C=C\C/C=C\CCCCCCCC(=O)OC(COCCCCCCCCCCCCCCCCCCC)COP(=O)(O)OCC(N)C(=O)O. The Kier molecular flexibility index (Phi) is 43.0. The van der Waals surface area contributed by atoms with Gasteiger partial charge in [0.2, 0.25) is 0 Å². The van der Waals surface area contributed by atoms with Crippen molar-refractivity contribution in [2.24, 2.45) is 5.73 Å². The third-order valence-electron chi connectivity index (χ3n) is 10.1. The first kappa shape index (κ1) is 57.7. The van der Waals surface area contributed by atoms with Crippen molar-refractivity contribution in [1.29, 1.82) is 0 Å². The van der Waals surface area contributed by atoms with Crippen molar-refractivity contribution >= 4 is 19.8 Å². The molecule has 11 heteroatoms. The lowest BCUT2D eigenvalue weighted by Crippen LogP contribution is -2.34. The summed E-state index contributed by atoms with van der Waals surface area (Å²) in [6, 6.07) is -1.48. The van der Waals surface area contributed by atoms with E-state index in [1.807, 2.05) is 0 Å². The minimum atomic E-state index is -4.63. The van der Waals surface area contributed by atoms with Crippen LogP contribution < -0.4 is 5.73 Å². The molecule has 0 aromatic rings. The molecule has 0 saturated carbocycles. The van der Waals surface area contributed by atoms with E-state index in [-0.39, 0.29) is 13.0 Å². The predicted octanol–water partition coefficient (Wildman–Crippen LogP) is 13.6. The van der Waals surface area contributed by atoms with Gasteiger partial charge in [-0.15, -0.1) is 0 Å². The van der Waals surface area contributed by atoms with Crippen molar-refractivity contribution < 1.29 is 42.7 Å². The van der Waals surface area contributed by atoms with Gasteiger partial charge in [-0.25, -0.2) is 4.57 Å². The zero-order chi connectivity index (χ0) is 44.0. The van der Waals surface area contributed by atoms with Crippen LogP contribution in [0.15, 0.2) is 60.8 Å². The van der Waals surface area contributed by atoms with E-state index in [1.54, 1.807) is 0 Å². The summed E-state index contributed by atoms with van der Waals surface area (Å²) in [5.74, 6) is -1.80. The number of carbonyl (C=O) groups is 2. The van der Waals surface area contributed by atoms with Gasteiger partial charge in [0.25, 0.3) is 0 Å². The van der Waals surface area contributed by atoms with E-state index in [0.717, 1.165) is 83.5 Å². The van der Waals surface area contributed by atoms with Crippen molar-refractivity contribution in [2.75, 3.05) is 26.4 Å². The molecular formula is C49H88NO9P. The average molecular weight is 866 g/mol. The van der Waals surface area contributed by atoms with E-state index >= 15 is 0 Å². The maximum Gasteiger partial charge on any atom is 0.472 e. The predicted molar refractivity (Wildman–Crippen MR) is 249 cm³/mol. The fourth-order valence-electron chi connectivity index (χ4n) is 6.40. The summed E-state index contributed by atoms with van der Waals surface area (Å²) in [7, 11) is -4.63. The Morgan fingerprint density at radius 1 is 0.550 bits per heavy atom. The lowest BCUT2D eigenvalue weighted by atomic mass is 10.0. The Labute approximate surface area is 366 Å². The van der Waals surface area contributed by atoms with E-state index in [1.165, 1.54) is 89.9 Å². The Morgan fingerprint density at radius 3 is 1.45 bits per heavy atom. The summed E-state index contributed by atoms with van der Waals surface area (Å²) < 4.78 is 33.4. The highest BCUT2D eigenvalue weighted by Gasteiger charge is 2.27. The summed E-state index contributed by atoms with van der Waals surface area (Å²) in [5.41, 5.74) is 5.36. The molecule has 0 radical (unpaired) electrons. The largest absolute Gasteiger partial charge is 0.480 e. The zero-order valence-electron chi connectivity index (χ0n) is 38.0. The Morgan fingerprint density at radius 2 is 0.967 bits per heavy atom.